The summed E-state index contributed by atoms with van der Waals surface area (Å²) in [5.41, 5.74) is 2.54. The van der Waals surface area contributed by atoms with E-state index in [0.29, 0.717) is 6.04 Å². The topological polar surface area (TPSA) is 24.9 Å². The average molecular weight is 246 g/mol. The van der Waals surface area contributed by atoms with E-state index in [4.69, 9.17) is 0 Å². The third kappa shape index (κ3) is 3.32. The van der Waals surface area contributed by atoms with Gasteiger partial charge in [-0.15, -0.1) is 0 Å². The fourth-order valence-electron chi connectivity index (χ4n) is 3.08. The largest absolute Gasteiger partial charge is 0.309 e. The molecule has 1 aromatic heterocycles. The van der Waals surface area contributed by atoms with E-state index >= 15 is 0 Å². The number of hydrogen-bond donors (Lipinski definition) is 1. The van der Waals surface area contributed by atoms with Gasteiger partial charge in [-0.1, -0.05) is 26.7 Å². The predicted molar refractivity (Wildman–Crippen MR) is 76.5 cm³/mol. The second-order valence-corrected chi connectivity index (χ2v) is 5.81. The smallest absolute Gasteiger partial charge is 0.0578 e. The zero-order valence-corrected chi connectivity index (χ0v) is 11.9. The highest BCUT2D eigenvalue weighted by atomic mass is 14.9. The lowest BCUT2D eigenvalue weighted by Gasteiger charge is -2.33. The number of hydrogen-bond acceptors (Lipinski definition) is 2. The van der Waals surface area contributed by atoms with Crippen LogP contribution >= 0.6 is 0 Å². The minimum absolute atomic E-state index is 0.447. The molecule has 0 amide bonds. The molecule has 1 aliphatic carbocycles. The third-order valence-electron chi connectivity index (χ3n) is 4.21. The van der Waals surface area contributed by atoms with Crippen molar-refractivity contribution in [1.29, 1.82) is 0 Å². The van der Waals surface area contributed by atoms with Gasteiger partial charge < -0.3 is 5.32 Å². The van der Waals surface area contributed by atoms with Crippen LogP contribution in [0.1, 0.15) is 56.8 Å². The van der Waals surface area contributed by atoms with Crippen molar-refractivity contribution in [2.45, 2.75) is 52.5 Å². The first-order valence-electron chi connectivity index (χ1n) is 7.36. The SMILES string of the molecule is CCNC(c1cc(C)ccn1)C1CCC(C)CC1. The molecule has 1 aliphatic rings. The maximum Gasteiger partial charge on any atom is 0.0578 e. The maximum absolute atomic E-state index is 4.59. The molecule has 2 heteroatoms. The van der Waals surface area contributed by atoms with E-state index in [0.717, 1.165) is 18.4 Å². The molecule has 0 radical (unpaired) electrons. The number of pyridine rings is 1. The standard InChI is InChI=1S/C16H26N2/c1-4-17-16(14-7-5-12(2)6-8-14)15-11-13(3)9-10-18-15/h9-12,14,16-17H,4-8H2,1-3H3. The van der Waals surface area contributed by atoms with Crippen LogP contribution in [0.25, 0.3) is 0 Å². The molecule has 100 valence electrons. The molecular formula is C16H26N2. The summed E-state index contributed by atoms with van der Waals surface area (Å²) in [5, 5.41) is 3.65. The Kier molecular flexibility index (Phi) is 4.76. The van der Waals surface area contributed by atoms with Crippen molar-refractivity contribution in [2.75, 3.05) is 6.54 Å². The van der Waals surface area contributed by atoms with Crippen LogP contribution in [0.2, 0.25) is 0 Å². The first-order valence-corrected chi connectivity index (χ1v) is 7.36. The molecule has 1 aromatic rings. The van der Waals surface area contributed by atoms with Crippen molar-refractivity contribution >= 4 is 0 Å². The fourth-order valence-corrected chi connectivity index (χ4v) is 3.08. The summed E-state index contributed by atoms with van der Waals surface area (Å²) in [7, 11) is 0. The molecule has 0 saturated heterocycles. The fraction of sp³-hybridized carbons (Fsp3) is 0.688. The molecule has 0 aliphatic heterocycles. The van der Waals surface area contributed by atoms with Crippen molar-refractivity contribution in [3.05, 3.63) is 29.6 Å². The van der Waals surface area contributed by atoms with Crippen molar-refractivity contribution < 1.29 is 0 Å². The second-order valence-electron chi connectivity index (χ2n) is 5.81. The molecule has 0 spiro atoms. The van der Waals surface area contributed by atoms with Crippen LogP contribution in [0.4, 0.5) is 0 Å². The summed E-state index contributed by atoms with van der Waals surface area (Å²) in [4.78, 5) is 4.59. The third-order valence-corrected chi connectivity index (χ3v) is 4.21. The van der Waals surface area contributed by atoms with Gasteiger partial charge in [0.2, 0.25) is 0 Å². The Morgan fingerprint density at radius 3 is 2.67 bits per heavy atom. The second kappa shape index (κ2) is 6.33. The Hall–Kier alpha value is -0.890. The van der Waals surface area contributed by atoms with Gasteiger partial charge in [-0.2, -0.15) is 0 Å². The van der Waals surface area contributed by atoms with Gasteiger partial charge in [-0.05, 0) is 55.8 Å². The van der Waals surface area contributed by atoms with E-state index in [2.05, 4.69) is 43.2 Å². The van der Waals surface area contributed by atoms with Crippen LogP contribution in [0.15, 0.2) is 18.3 Å². The van der Waals surface area contributed by atoms with Crippen LogP contribution < -0.4 is 5.32 Å². The Bertz CT molecular complexity index is 367. The normalized spacial score (nSPS) is 25.9. The van der Waals surface area contributed by atoms with Gasteiger partial charge in [-0.3, -0.25) is 4.98 Å². The molecule has 1 atom stereocenters. The number of nitrogens with one attached hydrogen (secondary N) is 1. The zero-order chi connectivity index (χ0) is 13.0. The van der Waals surface area contributed by atoms with E-state index in [1.165, 1.54) is 36.9 Å². The van der Waals surface area contributed by atoms with Crippen LogP contribution in [-0.4, -0.2) is 11.5 Å². The molecule has 1 unspecified atom stereocenters. The Balaban J connectivity index is 2.12. The molecule has 2 rings (SSSR count). The first kappa shape index (κ1) is 13.5. The van der Waals surface area contributed by atoms with Gasteiger partial charge in [0, 0.05) is 6.20 Å². The van der Waals surface area contributed by atoms with E-state index in [1.54, 1.807) is 0 Å². The number of aryl methyl sites for hydroxylation is 1. The number of rotatable bonds is 4. The number of nitrogens with zero attached hydrogens (tertiary/aromatic N) is 1. The highest BCUT2D eigenvalue weighted by Crippen LogP contribution is 2.36. The monoisotopic (exact) mass is 246 g/mol. The highest BCUT2D eigenvalue weighted by Gasteiger charge is 2.27. The van der Waals surface area contributed by atoms with E-state index in [1.807, 2.05) is 6.20 Å². The number of aromatic nitrogens is 1. The summed E-state index contributed by atoms with van der Waals surface area (Å²) in [6.07, 6.45) is 7.38. The summed E-state index contributed by atoms with van der Waals surface area (Å²) >= 11 is 0. The van der Waals surface area contributed by atoms with E-state index < -0.39 is 0 Å². The van der Waals surface area contributed by atoms with Crippen molar-refractivity contribution in [3.8, 4) is 0 Å². The van der Waals surface area contributed by atoms with Crippen LogP contribution in [0, 0.1) is 18.8 Å². The summed E-state index contributed by atoms with van der Waals surface area (Å²) < 4.78 is 0. The van der Waals surface area contributed by atoms with Crippen LogP contribution in [0.3, 0.4) is 0 Å². The average Bonchev–Trinajstić information content (AvgIpc) is 2.37. The highest BCUT2D eigenvalue weighted by molar-refractivity contribution is 5.18. The zero-order valence-electron chi connectivity index (χ0n) is 11.9. The Morgan fingerprint density at radius 2 is 2.06 bits per heavy atom. The van der Waals surface area contributed by atoms with Crippen molar-refractivity contribution in [1.82, 2.24) is 10.3 Å². The van der Waals surface area contributed by atoms with Crippen molar-refractivity contribution in [2.24, 2.45) is 11.8 Å². The molecule has 0 bridgehead atoms. The lowest BCUT2D eigenvalue weighted by Crippen LogP contribution is -2.31. The van der Waals surface area contributed by atoms with E-state index in [-0.39, 0.29) is 0 Å². The van der Waals surface area contributed by atoms with Gasteiger partial charge in [-0.25, -0.2) is 0 Å². The lowest BCUT2D eigenvalue weighted by molar-refractivity contribution is 0.230. The van der Waals surface area contributed by atoms with Gasteiger partial charge in [0.25, 0.3) is 0 Å². The van der Waals surface area contributed by atoms with Gasteiger partial charge in [0.15, 0.2) is 0 Å². The molecule has 0 aromatic carbocycles. The predicted octanol–water partition coefficient (Wildman–Crippen LogP) is 3.87. The van der Waals surface area contributed by atoms with Crippen LogP contribution in [-0.2, 0) is 0 Å². The summed E-state index contributed by atoms with van der Waals surface area (Å²) in [6.45, 7) is 7.74. The molecule has 2 nitrogen and oxygen atoms in total. The van der Waals surface area contributed by atoms with Gasteiger partial charge in [0.05, 0.1) is 11.7 Å². The van der Waals surface area contributed by atoms with Crippen LogP contribution in [0.5, 0.6) is 0 Å². The summed E-state index contributed by atoms with van der Waals surface area (Å²) in [6, 6.07) is 4.77. The molecule has 1 fully saturated rings. The lowest BCUT2D eigenvalue weighted by atomic mass is 9.78. The van der Waals surface area contributed by atoms with E-state index in [9.17, 15) is 0 Å². The Morgan fingerprint density at radius 1 is 1.33 bits per heavy atom. The Labute approximate surface area is 111 Å². The minimum atomic E-state index is 0.447. The molecule has 18 heavy (non-hydrogen) atoms. The van der Waals surface area contributed by atoms with Gasteiger partial charge in [0.1, 0.15) is 0 Å². The molecule has 1 N–H and O–H groups in total. The van der Waals surface area contributed by atoms with Crippen molar-refractivity contribution in [3.63, 3.8) is 0 Å². The quantitative estimate of drug-likeness (QED) is 0.872. The molecule has 1 heterocycles. The van der Waals surface area contributed by atoms with Gasteiger partial charge >= 0.3 is 0 Å². The first-order chi connectivity index (χ1) is 8.70. The summed E-state index contributed by atoms with van der Waals surface area (Å²) in [5.74, 6) is 1.67. The maximum atomic E-state index is 4.59. The molecule has 1 saturated carbocycles. The minimum Gasteiger partial charge on any atom is -0.309 e. The molecular weight excluding hydrogens is 220 g/mol.